The smallest absolute Gasteiger partial charge is 0.417 e. The molecule has 0 spiro atoms. The Hall–Kier alpha value is -3.08. The van der Waals surface area contributed by atoms with Gasteiger partial charge in [0.25, 0.3) is 5.91 Å². The maximum absolute atomic E-state index is 13.0. The van der Waals surface area contributed by atoms with Crippen molar-refractivity contribution < 1.29 is 22.7 Å². The number of amides is 1. The lowest BCUT2D eigenvalue weighted by molar-refractivity contribution is -0.138. The summed E-state index contributed by atoms with van der Waals surface area (Å²) in [6, 6.07) is 9.62. The number of hydrogen-bond acceptors (Lipinski definition) is 4. The molecule has 2 heterocycles. The van der Waals surface area contributed by atoms with Crippen LogP contribution in [0.5, 0.6) is 5.75 Å². The van der Waals surface area contributed by atoms with Crippen LogP contribution in [0.4, 0.5) is 13.2 Å². The topological polar surface area (TPSA) is 66.2 Å². The number of nitriles is 1. The number of carbonyl (C=O) groups excluding carboxylic acids is 1. The minimum Gasteiger partial charge on any atom is -0.487 e. The summed E-state index contributed by atoms with van der Waals surface area (Å²) in [6.07, 6.45) is -3.50. The number of pyridine rings is 1. The van der Waals surface area contributed by atoms with E-state index >= 15 is 0 Å². The molecular weight excluding hydrogens is 335 g/mol. The number of benzene rings is 1. The molecule has 0 radical (unpaired) electrons. The van der Waals surface area contributed by atoms with Crippen LogP contribution in [0.1, 0.15) is 21.6 Å². The number of likely N-dealkylation sites (tertiary alicyclic amines) is 1. The van der Waals surface area contributed by atoms with E-state index < -0.39 is 17.6 Å². The van der Waals surface area contributed by atoms with Gasteiger partial charge in [0.2, 0.25) is 0 Å². The lowest BCUT2D eigenvalue weighted by Crippen LogP contribution is -2.56. The van der Waals surface area contributed by atoms with Crippen LogP contribution in [0.25, 0.3) is 0 Å². The Labute approximate surface area is 141 Å². The Morgan fingerprint density at radius 3 is 2.68 bits per heavy atom. The zero-order valence-electron chi connectivity index (χ0n) is 12.8. The fourth-order valence-electron chi connectivity index (χ4n) is 2.50. The fourth-order valence-corrected chi connectivity index (χ4v) is 2.50. The summed E-state index contributed by atoms with van der Waals surface area (Å²) < 4.78 is 44.6. The van der Waals surface area contributed by atoms with Crippen LogP contribution in [-0.2, 0) is 6.18 Å². The summed E-state index contributed by atoms with van der Waals surface area (Å²) >= 11 is 0. The second-order valence-corrected chi connectivity index (χ2v) is 5.48. The van der Waals surface area contributed by atoms with Crippen LogP contribution < -0.4 is 4.74 Å². The van der Waals surface area contributed by atoms with Crippen molar-refractivity contribution in [3.63, 3.8) is 0 Å². The number of carbonyl (C=O) groups is 1. The number of aromatic nitrogens is 1. The molecule has 1 aromatic carbocycles. The molecule has 128 valence electrons. The molecule has 1 fully saturated rings. The van der Waals surface area contributed by atoms with Gasteiger partial charge in [-0.25, -0.2) is 4.98 Å². The van der Waals surface area contributed by atoms with Gasteiger partial charge < -0.3 is 9.64 Å². The Balaban J connectivity index is 1.65. The average molecular weight is 347 g/mol. The molecule has 0 bridgehead atoms. The van der Waals surface area contributed by atoms with Crippen molar-refractivity contribution >= 4 is 5.91 Å². The van der Waals surface area contributed by atoms with E-state index in [1.165, 1.54) is 35.4 Å². The predicted octanol–water partition coefficient (Wildman–Crippen LogP) is 2.88. The molecule has 0 unspecified atom stereocenters. The summed E-state index contributed by atoms with van der Waals surface area (Å²) in [5, 5.41) is 8.79. The lowest BCUT2D eigenvalue weighted by Gasteiger charge is -2.39. The highest BCUT2D eigenvalue weighted by atomic mass is 19.4. The van der Waals surface area contributed by atoms with Gasteiger partial charge in [0.1, 0.15) is 23.6 Å². The largest absolute Gasteiger partial charge is 0.487 e. The molecule has 1 amide bonds. The number of halogens is 3. The molecule has 8 heteroatoms. The number of hydrogen-bond donors (Lipinski definition) is 0. The van der Waals surface area contributed by atoms with Gasteiger partial charge in [-0.15, -0.1) is 0 Å². The van der Waals surface area contributed by atoms with Crippen molar-refractivity contribution in [3.05, 3.63) is 59.4 Å². The van der Waals surface area contributed by atoms with Gasteiger partial charge in [-0.05, 0) is 18.2 Å². The maximum Gasteiger partial charge on any atom is 0.417 e. The molecule has 1 aromatic heterocycles. The van der Waals surface area contributed by atoms with E-state index in [0.717, 1.165) is 6.07 Å². The van der Waals surface area contributed by atoms with E-state index in [0.29, 0.717) is 5.75 Å². The quantitative estimate of drug-likeness (QED) is 0.856. The van der Waals surface area contributed by atoms with Gasteiger partial charge in [0, 0.05) is 12.3 Å². The fraction of sp³-hybridized carbons (Fsp3) is 0.235. The number of ether oxygens (including phenoxy) is 1. The molecule has 0 atom stereocenters. The van der Waals surface area contributed by atoms with E-state index in [1.54, 1.807) is 6.07 Å². The third-order valence-electron chi connectivity index (χ3n) is 3.75. The van der Waals surface area contributed by atoms with E-state index in [9.17, 15) is 18.0 Å². The standard InChI is InChI=1S/C17H12F3N3O2/c18-17(19,20)15-4-2-1-3-14(15)16(24)23-9-13(10-23)25-12-5-6-22-11(7-12)8-21/h1-7,13H,9-10H2. The zero-order valence-corrected chi connectivity index (χ0v) is 12.8. The molecule has 2 aromatic rings. The monoisotopic (exact) mass is 347 g/mol. The highest BCUT2D eigenvalue weighted by molar-refractivity contribution is 5.96. The predicted molar refractivity (Wildman–Crippen MR) is 80.7 cm³/mol. The summed E-state index contributed by atoms with van der Waals surface area (Å²) in [7, 11) is 0. The molecule has 5 nitrogen and oxygen atoms in total. The molecule has 1 aliphatic rings. The van der Waals surface area contributed by atoms with Gasteiger partial charge >= 0.3 is 6.18 Å². The highest BCUT2D eigenvalue weighted by Gasteiger charge is 2.39. The second kappa shape index (κ2) is 6.43. The highest BCUT2D eigenvalue weighted by Crippen LogP contribution is 2.33. The SMILES string of the molecule is N#Cc1cc(OC2CN(C(=O)c3ccccc3C(F)(F)F)C2)ccn1. The van der Waals surface area contributed by atoms with E-state index in [1.807, 2.05) is 6.07 Å². The molecule has 1 saturated heterocycles. The Kier molecular flexibility index (Phi) is 4.31. The first-order valence-corrected chi connectivity index (χ1v) is 7.37. The van der Waals surface area contributed by atoms with Crippen molar-refractivity contribution in [3.8, 4) is 11.8 Å². The molecule has 25 heavy (non-hydrogen) atoms. The van der Waals surface area contributed by atoms with Crippen LogP contribution in [-0.4, -0.2) is 35.0 Å². The zero-order chi connectivity index (χ0) is 18.0. The van der Waals surface area contributed by atoms with Crippen LogP contribution in [0.15, 0.2) is 42.6 Å². The maximum atomic E-state index is 13.0. The number of rotatable bonds is 3. The molecule has 0 saturated carbocycles. The first-order valence-electron chi connectivity index (χ1n) is 7.37. The van der Waals surface area contributed by atoms with E-state index in [4.69, 9.17) is 10.00 Å². The molecular formula is C17H12F3N3O2. The summed E-state index contributed by atoms with van der Waals surface area (Å²) in [5.74, 6) is -0.250. The van der Waals surface area contributed by atoms with Crippen molar-refractivity contribution in [2.75, 3.05) is 13.1 Å². The van der Waals surface area contributed by atoms with Crippen LogP contribution >= 0.6 is 0 Å². The average Bonchev–Trinajstić information content (AvgIpc) is 2.56. The van der Waals surface area contributed by atoms with Gasteiger partial charge in [0.15, 0.2) is 0 Å². The van der Waals surface area contributed by atoms with Gasteiger partial charge in [-0.2, -0.15) is 18.4 Å². The van der Waals surface area contributed by atoms with Gasteiger partial charge in [-0.1, -0.05) is 12.1 Å². The van der Waals surface area contributed by atoms with Crippen LogP contribution in [0.2, 0.25) is 0 Å². The molecule has 0 aliphatic carbocycles. The minimum absolute atomic E-state index is 0.176. The third-order valence-corrected chi connectivity index (χ3v) is 3.75. The first kappa shape index (κ1) is 16.8. The first-order chi connectivity index (χ1) is 11.9. The van der Waals surface area contributed by atoms with E-state index in [2.05, 4.69) is 4.98 Å². The molecule has 3 rings (SSSR count). The molecule has 1 aliphatic heterocycles. The summed E-state index contributed by atoms with van der Waals surface area (Å²) in [6.45, 7) is 0.352. The normalized spacial score (nSPS) is 14.6. The Bertz CT molecular complexity index is 840. The Morgan fingerprint density at radius 1 is 1.28 bits per heavy atom. The van der Waals surface area contributed by atoms with Gasteiger partial charge in [0.05, 0.1) is 24.2 Å². The van der Waals surface area contributed by atoms with Crippen LogP contribution in [0, 0.1) is 11.3 Å². The van der Waals surface area contributed by atoms with Crippen molar-refractivity contribution in [1.82, 2.24) is 9.88 Å². The summed E-state index contributed by atoms with van der Waals surface area (Å²) in [5.41, 5.74) is -1.12. The second-order valence-electron chi connectivity index (χ2n) is 5.48. The number of alkyl halides is 3. The minimum atomic E-state index is -4.59. The van der Waals surface area contributed by atoms with Gasteiger partial charge in [-0.3, -0.25) is 4.79 Å². The van der Waals surface area contributed by atoms with Crippen LogP contribution in [0.3, 0.4) is 0 Å². The third kappa shape index (κ3) is 3.55. The van der Waals surface area contributed by atoms with Crippen molar-refractivity contribution in [2.45, 2.75) is 12.3 Å². The Morgan fingerprint density at radius 2 is 2.00 bits per heavy atom. The van der Waals surface area contributed by atoms with Crippen molar-refractivity contribution in [1.29, 1.82) is 5.26 Å². The van der Waals surface area contributed by atoms with E-state index in [-0.39, 0.29) is 30.5 Å². The summed E-state index contributed by atoms with van der Waals surface area (Å²) in [4.78, 5) is 17.4. The number of nitrogens with zero attached hydrogens (tertiary/aromatic N) is 3. The van der Waals surface area contributed by atoms with Crippen molar-refractivity contribution in [2.24, 2.45) is 0 Å². The molecule has 0 N–H and O–H groups in total. The lowest BCUT2D eigenvalue weighted by atomic mass is 10.0.